The second-order valence-corrected chi connectivity index (χ2v) is 8.31. The highest BCUT2D eigenvalue weighted by molar-refractivity contribution is 8.00. The van der Waals surface area contributed by atoms with Crippen molar-refractivity contribution in [2.75, 3.05) is 5.32 Å². The van der Waals surface area contributed by atoms with E-state index in [0.717, 1.165) is 27.3 Å². The van der Waals surface area contributed by atoms with Gasteiger partial charge in [-0.2, -0.15) is 0 Å². The first kappa shape index (κ1) is 19.5. The highest BCUT2D eigenvalue weighted by atomic mass is 32.2. The van der Waals surface area contributed by atoms with Crippen molar-refractivity contribution in [2.24, 2.45) is 0 Å². The monoisotopic (exact) mass is 438 g/mol. The molecular formula is C18H13F3N4O2S2. The Kier molecular flexibility index (Phi) is 5.09. The van der Waals surface area contributed by atoms with Crippen molar-refractivity contribution in [3.8, 4) is 5.75 Å². The van der Waals surface area contributed by atoms with Crippen LogP contribution in [0.3, 0.4) is 0 Å². The van der Waals surface area contributed by atoms with Gasteiger partial charge >= 0.3 is 6.36 Å². The number of alkyl halides is 3. The first-order valence-electron chi connectivity index (χ1n) is 8.36. The second-order valence-electron chi connectivity index (χ2n) is 5.99. The van der Waals surface area contributed by atoms with E-state index in [9.17, 15) is 18.0 Å². The van der Waals surface area contributed by atoms with Gasteiger partial charge in [0, 0.05) is 5.69 Å². The molecule has 4 aromatic rings. The van der Waals surface area contributed by atoms with Crippen molar-refractivity contribution in [2.45, 2.75) is 23.7 Å². The molecule has 0 fully saturated rings. The molecule has 0 saturated heterocycles. The number of para-hydroxylation sites is 1. The number of carbonyl (C=O) groups excluding carboxylic acids is 1. The number of amides is 1. The number of hydrogen-bond acceptors (Lipinski definition) is 6. The minimum absolute atomic E-state index is 0.309. The number of thiazole rings is 1. The molecule has 1 unspecified atom stereocenters. The molecule has 0 saturated carbocycles. The summed E-state index contributed by atoms with van der Waals surface area (Å²) in [5.41, 5.74) is 1.33. The largest absolute Gasteiger partial charge is 0.573 e. The van der Waals surface area contributed by atoms with Gasteiger partial charge in [0.2, 0.25) is 10.9 Å². The number of aromatic nitrogens is 3. The molecule has 2 aromatic heterocycles. The first-order valence-corrected chi connectivity index (χ1v) is 10.1. The molecule has 11 heteroatoms. The number of thioether (sulfide) groups is 1. The molecular weight excluding hydrogens is 425 g/mol. The number of benzene rings is 2. The zero-order valence-electron chi connectivity index (χ0n) is 14.8. The molecule has 4 rings (SSSR count). The van der Waals surface area contributed by atoms with E-state index in [2.05, 4.69) is 20.3 Å². The van der Waals surface area contributed by atoms with Crippen LogP contribution in [0.2, 0.25) is 0 Å². The molecule has 0 aliphatic carbocycles. The Hall–Kier alpha value is -2.79. The zero-order valence-corrected chi connectivity index (χ0v) is 16.4. The fraction of sp³-hybridized carbons (Fsp3) is 0.167. The predicted octanol–water partition coefficient (Wildman–Crippen LogP) is 4.96. The lowest BCUT2D eigenvalue weighted by Crippen LogP contribution is -2.22. The minimum atomic E-state index is -4.76. The van der Waals surface area contributed by atoms with Crippen molar-refractivity contribution < 1.29 is 22.7 Å². The standard InChI is InChI=1S/C18H13F3N4O2S2/c1-10(15(26)22-11-6-8-12(9-7-11)27-18(19,20)21)28-16-23-24-17-25(16)13-4-2-3-5-14(13)29-17/h2-10H,1H3,(H,22,26). The summed E-state index contributed by atoms with van der Waals surface area (Å²) in [6.45, 7) is 1.72. The van der Waals surface area contributed by atoms with E-state index < -0.39 is 11.6 Å². The number of nitrogens with zero attached hydrogens (tertiary/aromatic N) is 3. The molecule has 0 aliphatic rings. The Morgan fingerprint density at radius 2 is 1.90 bits per heavy atom. The van der Waals surface area contributed by atoms with Gasteiger partial charge in [0.25, 0.3) is 0 Å². The van der Waals surface area contributed by atoms with Crippen LogP contribution in [0.1, 0.15) is 6.92 Å². The highest BCUT2D eigenvalue weighted by Crippen LogP contribution is 2.31. The summed E-state index contributed by atoms with van der Waals surface area (Å²) < 4.78 is 43.4. The minimum Gasteiger partial charge on any atom is -0.406 e. The number of fused-ring (bicyclic) bond motifs is 3. The molecule has 2 aromatic carbocycles. The third-order valence-corrected chi connectivity index (χ3v) is 5.97. The van der Waals surface area contributed by atoms with E-state index in [1.165, 1.54) is 35.2 Å². The third kappa shape index (κ3) is 4.30. The normalized spacial score (nSPS) is 13.0. The lowest BCUT2D eigenvalue weighted by Gasteiger charge is -2.12. The van der Waals surface area contributed by atoms with Gasteiger partial charge < -0.3 is 10.1 Å². The van der Waals surface area contributed by atoms with Crippen molar-refractivity contribution in [3.05, 3.63) is 48.5 Å². The number of hydrogen-bond donors (Lipinski definition) is 1. The molecule has 1 atom stereocenters. The molecule has 150 valence electrons. The maximum atomic E-state index is 12.5. The Balaban J connectivity index is 1.45. The van der Waals surface area contributed by atoms with Crippen molar-refractivity contribution >= 4 is 49.9 Å². The summed E-state index contributed by atoms with van der Waals surface area (Å²) in [7, 11) is 0. The number of rotatable bonds is 5. The van der Waals surface area contributed by atoms with Crippen molar-refractivity contribution in [1.29, 1.82) is 0 Å². The Morgan fingerprint density at radius 1 is 1.17 bits per heavy atom. The number of halogens is 3. The summed E-state index contributed by atoms with van der Waals surface area (Å²) in [5.74, 6) is -0.663. The van der Waals surface area contributed by atoms with E-state index in [1.54, 1.807) is 6.92 Å². The van der Waals surface area contributed by atoms with E-state index in [0.29, 0.717) is 10.8 Å². The van der Waals surface area contributed by atoms with Gasteiger partial charge in [-0.3, -0.25) is 9.20 Å². The molecule has 0 spiro atoms. The van der Waals surface area contributed by atoms with Crippen LogP contribution in [0.5, 0.6) is 5.75 Å². The summed E-state index contributed by atoms with van der Waals surface area (Å²) in [5, 5.41) is 11.1. The Morgan fingerprint density at radius 3 is 2.62 bits per heavy atom. The van der Waals surface area contributed by atoms with E-state index in [-0.39, 0.29) is 11.7 Å². The molecule has 1 N–H and O–H groups in total. The molecule has 29 heavy (non-hydrogen) atoms. The number of nitrogens with one attached hydrogen (secondary N) is 1. The lowest BCUT2D eigenvalue weighted by molar-refractivity contribution is -0.274. The quantitative estimate of drug-likeness (QED) is 0.446. The summed E-state index contributed by atoms with van der Waals surface area (Å²) >= 11 is 2.76. The van der Waals surface area contributed by atoms with Crippen molar-refractivity contribution in [3.63, 3.8) is 0 Å². The zero-order chi connectivity index (χ0) is 20.6. The summed E-state index contributed by atoms with van der Waals surface area (Å²) in [6.07, 6.45) is -4.76. The summed E-state index contributed by atoms with van der Waals surface area (Å²) in [4.78, 5) is 13.2. The Labute approximate surface area is 170 Å². The lowest BCUT2D eigenvalue weighted by atomic mass is 10.3. The maximum Gasteiger partial charge on any atom is 0.573 e. The smallest absolute Gasteiger partial charge is 0.406 e. The fourth-order valence-electron chi connectivity index (χ4n) is 2.63. The SMILES string of the molecule is CC(Sc1nnc2sc3ccccc3n12)C(=O)Nc1ccc(OC(F)(F)F)cc1. The van der Waals surface area contributed by atoms with Crippen LogP contribution < -0.4 is 10.1 Å². The topological polar surface area (TPSA) is 68.5 Å². The Bertz CT molecular complexity index is 1170. The van der Waals surface area contributed by atoms with Gasteiger partial charge in [0.1, 0.15) is 5.75 Å². The van der Waals surface area contributed by atoms with Crippen LogP contribution in [-0.4, -0.2) is 32.1 Å². The first-order chi connectivity index (χ1) is 13.8. The van der Waals surface area contributed by atoms with Gasteiger partial charge in [-0.25, -0.2) is 0 Å². The van der Waals surface area contributed by atoms with Crippen LogP contribution in [0.25, 0.3) is 15.2 Å². The summed E-state index contributed by atoms with van der Waals surface area (Å²) in [6, 6.07) is 12.8. The predicted molar refractivity (Wildman–Crippen MR) is 105 cm³/mol. The maximum absolute atomic E-state index is 12.5. The molecule has 6 nitrogen and oxygen atoms in total. The van der Waals surface area contributed by atoms with Crippen LogP contribution >= 0.6 is 23.1 Å². The average Bonchev–Trinajstić information content (AvgIpc) is 3.22. The molecule has 2 heterocycles. The van der Waals surface area contributed by atoms with Gasteiger partial charge in [-0.05, 0) is 43.3 Å². The molecule has 1 amide bonds. The van der Waals surface area contributed by atoms with Gasteiger partial charge in [0.05, 0.1) is 15.5 Å². The molecule has 0 bridgehead atoms. The van der Waals surface area contributed by atoms with E-state index >= 15 is 0 Å². The highest BCUT2D eigenvalue weighted by Gasteiger charge is 2.31. The van der Waals surface area contributed by atoms with Crippen LogP contribution in [0.15, 0.2) is 53.7 Å². The van der Waals surface area contributed by atoms with E-state index in [1.807, 2.05) is 28.7 Å². The number of ether oxygens (including phenoxy) is 1. The molecule has 0 radical (unpaired) electrons. The average molecular weight is 438 g/mol. The van der Waals surface area contributed by atoms with Gasteiger partial charge in [-0.1, -0.05) is 35.2 Å². The number of anilines is 1. The molecule has 0 aliphatic heterocycles. The fourth-order valence-corrected chi connectivity index (χ4v) is 4.51. The van der Waals surface area contributed by atoms with Crippen LogP contribution in [-0.2, 0) is 4.79 Å². The van der Waals surface area contributed by atoms with Crippen LogP contribution in [0, 0.1) is 0 Å². The third-order valence-electron chi connectivity index (χ3n) is 3.92. The van der Waals surface area contributed by atoms with Gasteiger partial charge in [-0.15, -0.1) is 23.4 Å². The van der Waals surface area contributed by atoms with Crippen molar-refractivity contribution in [1.82, 2.24) is 14.6 Å². The van der Waals surface area contributed by atoms with E-state index in [4.69, 9.17) is 0 Å². The van der Waals surface area contributed by atoms with Crippen LogP contribution in [0.4, 0.5) is 18.9 Å². The second kappa shape index (κ2) is 7.56. The number of carbonyl (C=O) groups is 1. The van der Waals surface area contributed by atoms with Gasteiger partial charge in [0.15, 0.2) is 5.16 Å².